The first-order chi connectivity index (χ1) is 10.6. The first-order valence-corrected chi connectivity index (χ1v) is 7.10. The average molecular weight is 296 g/mol. The highest BCUT2D eigenvalue weighted by atomic mass is 16.4. The maximum absolute atomic E-state index is 12.5. The lowest BCUT2D eigenvalue weighted by molar-refractivity contribution is -0.118. The number of aromatic carboxylic acids is 1. The molecule has 0 aromatic heterocycles. The Morgan fingerprint density at radius 1 is 1.09 bits per heavy atom. The molecule has 5 nitrogen and oxygen atoms in total. The van der Waals surface area contributed by atoms with Crippen molar-refractivity contribution in [3.8, 4) is 0 Å². The summed E-state index contributed by atoms with van der Waals surface area (Å²) in [6.07, 6.45) is 0.910. The summed E-state index contributed by atoms with van der Waals surface area (Å²) in [5, 5.41) is 14.9. The number of benzene rings is 2. The summed E-state index contributed by atoms with van der Waals surface area (Å²) in [7, 11) is 0. The molecular formula is C17H16N2O3. The lowest BCUT2D eigenvalue weighted by Crippen LogP contribution is -2.38. The summed E-state index contributed by atoms with van der Waals surface area (Å²) in [6.45, 7) is 0.757. The first kappa shape index (κ1) is 14.3. The van der Waals surface area contributed by atoms with E-state index in [0.717, 1.165) is 18.5 Å². The number of anilines is 1. The summed E-state index contributed by atoms with van der Waals surface area (Å²) >= 11 is 0. The predicted molar refractivity (Wildman–Crippen MR) is 82.9 cm³/mol. The Kier molecular flexibility index (Phi) is 3.89. The second kappa shape index (κ2) is 5.99. The maximum Gasteiger partial charge on any atom is 0.335 e. The van der Waals surface area contributed by atoms with Crippen LogP contribution in [0.25, 0.3) is 0 Å². The van der Waals surface area contributed by atoms with Gasteiger partial charge in [0.25, 0.3) is 0 Å². The van der Waals surface area contributed by atoms with Gasteiger partial charge in [0.2, 0.25) is 5.91 Å². The fraction of sp³-hybridized carbons (Fsp3) is 0.176. The summed E-state index contributed by atoms with van der Waals surface area (Å²) in [4.78, 5) is 23.3. The van der Waals surface area contributed by atoms with Crippen LogP contribution < -0.4 is 10.6 Å². The first-order valence-electron chi connectivity index (χ1n) is 7.10. The van der Waals surface area contributed by atoms with Gasteiger partial charge in [-0.3, -0.25) is 4.79 Å². The third-order valence-electron chi connectivity index (χ3n) is 3.77. The van der Waals surface area contributed by atoms with Gasteiger partial charge in [0.15, 0.2) is 0 Å². The topological polar surface area (TPSA) is 78.4 Å². The molecule has 1 heterocycles. The summed E-state index contributed by atoms with van der Waals surface area (Å²) in [6, 6.07) is 13.6. The van der Waals surface area contributed by atoms with Crippen LogP contribution in [-0.4, -0.2) is 23.5 Å². The molecule has 0 spiro atoms. The van der Waals surface area contributed by atoms with Gasteiger partial charge in [0.1, 0.15) is 6.04 Å². The van der Waals surface area contributed by atoms with Crippen LogP contribution in [0.5, 0.6) is 0 Å². The second-order valence-electron chi connectivity index (χ2n) is 5.21. The number of hydrogen-bond donors (Lipinski definition) is 3. The minimum atomic E-state index is -0.985. The minimum absolute atomic E-state index is 0.143. The number of carbonyl (C=O) groups is 2. The van der Waals surface area contributed by atoms with Crippen LogP contribution in [0.3, 0.4) is 0 Å². The van der Waals surface area contributed by atoms with E-state index in [1.165, 1.54) is 17.7 Å². The van der Waals surface area contributed by atoms with E-state index in [9.17, 15) is 9.59 Å². The molecule has 3 N–H and O–H groups in total. The molecule has 0 bridgehead atoms. The molecule has 1 atom stereocenters. The molecule has 5 heteroatoms. The molecule has 1 aliphatic heterocycles. The van der Waals surface area contributed by atoms with Crippen LogP contribution in [0.1, 0.15) is 27.5 Å². The molecule has 1 amide bonds. The van der Waals surface area contributed by atoms with Crippen molar-refractivity contribution in [2.45, 2.75) is 12.5 Å². The Morgan fingerprint density at radius 2 is 1.82 bits per heavy atom. The Balaban J connectivity index is 1.76. The Bertz CT molecular complexity index is 710. The number of carboxylic acids is 1. The van der Waals surface area contributed by atoms with Crippen LogP contribution in [0.2, 0.25) is 0 Å². The second-order valence-corrected chi connectivity index (χ2v) is 5.21. The molecule has 1 aliphatic rings. The molecule has 2 aromatic carbocycles. The summed E-state index contributed by atoms with van der Waals surface area (Å²) < 4.78 is 0. The molecule has 112 valence electrons. The van der Waals surface area contributed by atoms with Gasteiger partial charge in [-0.15, -0.1) is 0 Å². The molecule has 0 saturated carbocycles. The van der Waals surface area contributed by atoms with Crippen molar-refractivity contribution in [1.29, 1.82) is 0 Å². The van der Waals surface area contributed by atoms with Crippen LogP contribution in [0.15, 0.2) is 48.5 Å². The van der Waals surface area contributed by atoms with Crippen LogP contribution in [0.4, 0.5) is 5.69 Å². The van der Waals surface area contributed by atoms with Crippen molar-refractivity contribution in [3.63, 3.8) is 0 Å². The zero-order valence-corrected chi connectivity index (χ0v) is 11.9. The number of hydrogen-bond acceptors (Lipinski definition) is 3. The highest BCUT2D eigenvalue weighted by Gasteiger charge is 2.25. The van der Waals surface area contributed by atoms with Crippen molar-refractivity contribution in [2.24, 2.45) is 0 Å². The molecule has 22 heavy (non-hydrogen) atoms. The molecule has 0 saturated heterocycles. The molecule has 0 radical (unpaired) electrons. The number of amides is 1. The average Bonchev–Trinajstić information content (AvgIpc) is 2.54. The fourth-order valence-corrected chi connectivity index (χ4v) is 2.65. The van der Waals surface area contributed by atoms with Crippen molar-refractivity contribution in [2.75, 3.05) is 11.9 Å². The van der Waals surface area contributed by atoms with E-state index < -0.39 is 5.97 Å². The third kappa shape index (κ3) is 2.84. The van der Waals surface area contributed by atoms with Crippen molar-refractivity contribution in [3.05, 3.63) is 65.2 Å². The number of nitrogens with one attached hydrogen (secondary N) is 2. The zero-order valence-electron chi connectivity index (χ0n) is 11.9. The third-order valence-corrected chi connectivity index (χ3v) is 3.77. The summed E-state index contributed by atoms with van der Waals surface area (Å²) in [5.74, 6) is -1.13. The standard InChI is InChI=1S/C17H16N2O3/c20-16(19-13-7-5-12(6-8-13)17(21)22)15-14-4-2-1-3-11(14)9-10-18-15/h1-8,15,18H,9-10H2,(H,19,20)(H,21,22). The van der Waals surface area contributed by atoms with Gasteiger partial charge in [0, 0.05) is 12.2 Å². The Labute approximate surface area is 128 Å². The fourth-order valence-electron chi connectivity index (χ4n) is 2.65. The Hall–Kier alpha value is -2.66. The molecule has 0 fully saturated rings. The Morgan fingerprint density at radius 3 is 2.55 bits per heavy atom. The van der Waals surface area contributed by atoms with E-state index in [4.69, 9.17) is 5.11 Å². The SMILES string of the molecule is O=C(O)c1ccc(NC(=O)C2NCCc3ccccc32)cc1. The summed E-state index contributed by atoms with van der Waals surface area (Å²) in [5.41, 5.74) is 2.95. The van der Waals surface area contributed by atoms with Crippen molar-refractivity contribution in [1.82, 2.24) is 5.32 Å². The maximum atomic E-state index is 12.5. The van der Waals surface area contributed by atoms with Crippen molar-refractivity contribution < 1.29 is 14.7 Å². The molecule has 3 rings (SSSR count). The number of carboxylic acid groups (broad SMARTS) is 1. The van der Waals surface area contributed by atoms with Gasteiger partial charge in [0.05, 0.1) is 5.56 Å². The van der Waals surface area contributed by atoms with Gasteiger partial charge < -0.3 is 15.7 Å². The molecule has 2 aromatic rings. The number of rotatable bonds is 3. The van der Waals surface area contributed by atoms with Crippen LogP contribution >= 0.6 is 0 Å². The van der Waals surface area contributed by atoms with Gasteiger partial charge in [-0.25, -0.2) is 4.79 Å². The monoisotopic (exact) mass is 296 g/mol. The zero-order chi connectivity index (χ0) is 15.5. The van der Waals surface area contributed by atoms with E-state index in [2.05, 4.69) is 10.6 Å². The van der Waals surface area contributed by atoms with E-state index >= 15 is 0 Å². The molecule has 1 unspecified atom stereocenters. The number of carbonyl (C=O) groups excluding carboxylic acids is 1. The smallest absolute Gasteiger partial charge is 0.335 e. The van der Waals surface area contributed by atoms with Gasteiger partial charge in [-0.1, -0.05) is 24.3 Å². The van der Waals surface area contributed by atoms with E-state index in [-0.39, 0.29) is 17.5 Å². The predicted octanol–water partition coefficient (Wildman–Crippen LogP) is 2.21. The van der Waals surface area contributed by atoms with Gasteiger partial charge in [-0.2, -0.15) is 0 Å². The minimum Gasteiger partial charge on any atom is -0.478 e. The molecule has 0 aliphatic carbocycles. The van der Waals surface area contributed by atoms with Crippen LogP contribution in [0, 0.1) is 0 Å². The van der Waals surface area contributed by atoms with E-state index in [0.29, 0.717) is 5.69 Å². The van der Waals surface area contributed by atoms with E-state index in [1.807, 2.05) is 24.3 Å². The van der Waals surface area contributed by atoms with Gasteiger partial charge >= 0.3 is 5.97 Å². The largest absolute Gasteiger partial charge is 0.478 e. The quantitative estimate of drug-likeness (QED) is 0.811. The highest BCUT2D eigenvalue weighted by Crippen LogP contribution is 2.24. The van der Waals surface area contributed by atoms with E-state index in [1.54, 1.807) is 12.1 Å². The lowest BCUT2D eigenvalue weighted by Gasteiger charge is -2.26. The normalized spacial score (nSPS) is 16.6. The van der Waals surface area contributed by atoms with Crippen molar-refractivity contribution >= 4 is 17.6 Å². The molecular weight excluding hydrogens is 280 g/mol. The van der Waals surface area contributed by atoms with Crippen LogP contribution in [-0.2, 0) is 11.2 Å². The van der Waals surface area contributed by atoms with Gasteiger partial charge in [-0.05, 0) is 41.8 Å². The lowest BCUT2D eigenvalue weighted by atomic mass is 9.94. The highest BCUT2D eigenvalue weighted by molar-refractivity contribution is 5.96. The number of fused-ring (bicyclic) bond motifs is 1.